The van der Waals surface area contributed by atoms with E-state index in [0.29, 0.717) is 28.5 Å². The lowest BCUT2D eigenvalue weighted by atomic mass is 9.90. The zero-order valence-corrected chi connectivity index (χ0v) is 15.9. The minimum Gasteiger partial charge on any atom is -0.480 e. The van der Waals surface area contributed by atoms with E-state index in [1.54, 1.807) is 6.07 Å². The fourth-order valence-electron chi connectivity index (χ4n) is 3.60. The molecule has 0 spiro atoms. The molecule has 146 valence electrons. The molecule has 8 heteroatoms. The molecule has 0 fully saturated rings. The zero-order chi connectivity index (χ0) is 20.4. The number of nitrogens with two attached hydrogens (primary N) is 1. The number of rotatable bonds is 5. The summed E-state index contributed by atoms with van der Waals surface area (Å²) in [7, 11) is 1.52. The number of hydrogen-bond acceptors (Lipinski definition) is 8. The third kappa shape index (κ3) is 3.50. The first-order chi connectivity index (χ1) is 14.1. The molecule has 0 amide bonds. The number of ether oxygens (including phenoxy) is 1. The lowest BCUT2D eigenvalue weighted by molar-refractivity contribution is 0.391. The van der Waals surface area contributed by atoms with Crippen molar-refractivity contribution in [1.29, 1.82) is 10.7 Å². The first-order valence-electron chi connectivity index (χ1n) is 9.22. The Labute approximate surface area is 167 Å². The third-order valence-electron chi connectivity index (χ3n) is 5.03. The molecule has 1 atom stereocenters. The SMILES string of the molecule is COc1nc2c(cc1C#N)CCCC2Nc1ccc(N)c(C(=N)c2cnco2)c1. The molecule has 0 saturated carbocycles. The van der Waals surface area contributed by atoms with Crippen molar-refractivity contribution in [2.75, 3.05) is 18.2 Å². The summed E-state index contributed by atoms with van der Waals surface area (Å²) in [6.45, 7) is 0. The monoisotopic (exact) mass is 388 g/mol. The van der Waals surface area contributed by atoms with Gasteiger partial charge in [0, 0.05) is 16.9 Å². The summed E-state index contributed by atoms with van der Waals surface area (Å²) in [4.78, 5) is 8.46. The van der Waals surface area contributed by atoms with Crippen LogP contribution in [0.15, 0.2) is 41.3 Å². The Kier molecular flexibility index (Phi) is 4.87. The minimum absolute atomic E-state index is 0.0312. The fraction of sp³-hybridized carbons (Fsp3) is 0.238. The average molecular weight is 388 g/mol. The van der Waals surface area contributed by atoms with E-state index in [4.69, 9.17) is 20.3 Å². The maximum atomic E-state index is 9.31. The molecular weight excluding hydrogens is 368 g/mol. The van der Waals surface area contributed by atoms with Crippen molar-refractivity contribution in [2.45, 2.75) is 25.3 Å². The van der Waals surface area contributed by atoms with Gasteiger partial charge in [0.1, 0.15) is 17.3 Å². The maximum absolute atomic E-state index is 9.31. The number of benzene rings is 1. The maximum Gasteiger partial charge on any atom is 0.231 e. The van der Waals surface area contributed by atoms with E-state index >= 15 is 0 Å². The van der Waals surface area contributed by atoms with Gasteiger partial charge in [-0.15, -0.1) is 0 Å². The number of methoxy groups -OCH3 is 1. The number of hydrogen-bond donors (Lipinski definition) is 3. The van der Waals surface area contributed by atoms with Crippen molar-refractivity contribution in [3.63, 3.8) is 0 Å². The second-order valence-corrected chi connectivity index (χ2v) is 6.83. The van der Waals surface area contributed by atoms with Crippen LogP contribution in [-0.4, -0.2) is 22.8 Å². The van der Waals surface area contributed by atoms with Crippen molar-refractivity contribution in [1.82, 2.24) is 9.97 Å². The quantitative estimate of drug-likeness (QED) is 0.450. The molecule has 0 radical (unpaired) electrons. The molecule has 29 heavy (non-hydrogen) atoms. The number of nitriles is 1. The molecule has 4 rings (SSSR count). The average Bonchev–Trinajstić information content (AvgIpc) is 3.28. The summed E-state index contributed by atoms with van der Waals surface area (Å²) in [5, 5.41) is 21.2. The lowest BCUT2D eigenvalue weighted by Gasteiger charge is -2.27. The number of oxazole rings is 1. The van der Waals surface area contributed by atoms with Gasteiger partial charge in [-0.25, -0.2) is 9.97 Å². The largest absolute Gasteiger partial charge is 0.480 e. The van der Waals surface area contributed by atoms with Crippen LogP contribution in [0.2, 0.25) is 0 Å². The highest BCUT2D eigenvalue weighted by Gasteiger charge is 2.24. The first-order valence-corrected chi connectivity index (χ1v) is 9.22. The smallest absolute Gasteiger partial charge is 0.231 e. The molecule has 0 saturated heterocycles. The Balaban J connectivity index is 1.65. The number of aryl methyl sites for hydroxylation is 1. The molecule has 2 aromatic heterocycles. The number of nitrogen functional groups attached to an aromatic ring is 1. The second kappa shape index (κ2) is 7.64. The Morgan fingerprint density at radius 2 is 2.28 bits per heavy atom. The first kappa shape index (κ1) is 18.5. The highest BCUT2D eigenvalue weighted by molar-refractivity contribution is 6.12. The van der Waals surface area contributed by atoms with E-state index in [0.717, 1.165) is 36.2 Å². The molecule has 0 bridgehead atoms. The van der Waals surface area contributed by atoms with Gasteiger partial charge in [0.2, 0.25) is 5.88 Å². The summed E-state index contributed by atoms with van der Waals surface area (Å²) >= 11 is 0. The molecule has 4 N–H and O–H groups in total. The molecule has 2 heterocycles. The highest BCUT2D eigenvalue weighted by Crippen LogP contribution is 2.34. The van der Waals surface area contributed by atoms with Crippen LogP contribution in [-0.2, 0) is 6.42 Å². The number of anilines is 2. The van der Waals surface area contributed by atoms with Crippen LogP contribution in [0.4, 0.5) is 11.4 Å². The Hall–Kier alpha value is -3.86. The molecule has 1 aliphatic rings. The predicted molar refractivity (Wildman–Crippen MR) is 108 cm³/mol. The van der Waals surface area contributed by atoms with E-state index in [-0.39, 0.29) is 11.8 Å². The van der Waals surface area contributed by atoms with E-state index in [1.165, 1.54) is 19.7 Å². The second-order valence-electron chi connectivity index (χ2n) is 6.83. The van der Waals surface area contributed by atoms with Crippen LogP contribution >= 0.6 is 0 Å². The van der Waals surface area contributed by atoms with Gasteiger partial charge in [-0.05, 0) is 49.1 Å². The van der Waals surface area contributed by atoms with Gasteiger partial charge in [0.25, 0.3) is 0 Å². The van der Waals surface area contributed by atoms with E-state index in [2.05, 4.69) is 21.4 Å². The molecular formula is C21H20N6O2. The standard InChI is InChI=1S/C21H20N6O2/c1-28-21-13(9-22)7-12-3-2-4-17(20(12)27-21)26-14-5-6-16(23)15(8-14)19(24)18-10-25-11-29-18/h5-8,10-11,17,24,26H,2-4,23H2,1H3. The van der Waals surface area contributed by atoms with Crippen molar-refractivity contribution in [2.24, 2.45) is 0 Å². The molecule has 1 aromatic carbocycles. The van der Waals surface area contributed by atoms with E-state index in [9.17, 15) is 5.26 Å². The lowest BCUT2D eigenvalue weighted by Crippen LogP contribution is -2.20. The van der Waals surface area contributed by atoms with Gasteiger partial charge in [0.05, 0.1) is 25.0 Å². The topological polar surface area (TPSA) is 134 Å². The number of nitrogens with zero attached hydrogens (tertiary/aromatic N) is 3. The number of aromatic nitrogens is 2. The van der Waals surface area contributed by atoms with Crippen LogP contribution in [0.1, 0.15) is 47.0 Å². The summed E-state index contributed by atoms with van der Waals surface area (Å²) in [6, 6.07) is 9.44. The molecule has 8 nitrogen and oxygen atoms in total. The Morgan fingerprint density at radius 3 is 3.00 bits per heavy atom. The van der Waals surface area contributed by atoms with Crippen molar-refractivity contribution >= 4 is 17.1 Å². The van der Waals surface area contributed by atoms with Crippen LogP contribution < -0.4 is 15.8 Å². The molecule has 3 aromatic rings. The van der Waals surface area contributed by atoms with Crippen molar-refractivity contribution in [3.05, 3.63) is 65.0 Å². The van der Waals surface area contributed by atoms with Crippen LogP contribution in [0.25, 0.3) is 0 Å². The summed E-state index contributed by atoms with van der Waals surface area (Å²) in [5.74, 6) is 0.692. The zero-order valence-electron chi connectivity index (χ0n) is 15.9. The number of nitrogens with one attached hydrogen (secondary N) is 2. The summed E-state index contributed by atoms with van der Waals surface area (Å²) in [5.41, 5.74) is 10.5. The van der Waals surface area contributed by atoms with Gasteiger partial charge < -0.3 is 20.2 Å². The molecule has 1 unspecified atom stereocenters. The van der Waals surface area contributed by atoms with Gasteiger partial charge in [-0.2, -0.15) is 5.26 Å². The Morgan fingerprint density at radius 1 is 1.41 bits per heavy atom. The van der Waals surface area contributed by atoms with Gasteiger partial charge in [-0.1, -0.05) is 0 Å². The van der Waals surface area contributed by atoms with Crippen molar-refractivity contribution in [3.8, 4) is 11.9 Å². The summed E-state index contributed by atoms with van der Waals surface area (Å²) in [6.07, 6.45) is 5.54. The van der Waals surface area contributed by atoms with E-state index in [1.807, 2.05) is 18.2 Å². The molecule has 0 aliphatic heterocycles. The minimum atomic E-state index is -0.0312. The fourth-order valence-corrected chi connectivity index (χ4v) is 3.60. The highest BCUT2D eigenvalue weighted by atomic mass is 16.5. The molecule has 1 aliphatic carbocycles. The number of pyridine rings is 1. The summed E-state index contributed by atoms with van der Waals surface area (Å²) < 4.78 is 10.5. The third-order valence-corrected chi connectivity index (χ3v) is 5.03. The van der Waals surface area contributed by atoms with Crippen LogP contribution in [0, 0.1) is 16.7 Å². The van der Waals surface area contributed by atoms with E-state index < -0.39 is 0 Å². The van der Waals surface area contributed by atoms with Crippen molar-refractivity contribution < 1.29 is 9.15 Å². The predicted octanol–water partition coefficient (Wildman–Crippen LogP) is 3.44. The normalized spacial score (nSPS) is 15.2. The number of fused-ring (bicyclic) bond motifs is 1. The van der Waals surface area contributed by atoms with Gasteiger partial charge in [0.15, 0.2) is 12.2 Å². The van der Waals surface area contributed by atoms with Gasteiger partial charge in [-0.3, -0.25) is 5.41 Å². The van der Waals surface area contributed by atoms with Crippen LogP contribution in [0.3, 0.4) is 0 Å². The van der Waals surface area contributed by atoms with Gasteiger partial charge >= 0.3 is 0 Å². The van der Waals surface area contributed by atoms with Crippen LogP contribution in [0.5, 0.6) is 5.88 Å². The Bertz CT molecular complexity index is 1100.